The van der Waals surface area contributed by atoms with Gasteiger partial charge in [-0.1, -0.05) is 0 Å². The van der Waals surface area contributed by atoms with Crippen LogP contribution in [0.2, 0.25) is 0 Å². The summed E-state index contributed by atoms with van der Waals surface area (Å²) in [6.07, 6.45) is 0. The summed E-state index contributed by atoms with van der Waals surface area (Å²) in [4.78, 5) is 21.9. The van der Waals surface area contributed by atoms with Crippen LogP contribution in [0.1, 0.15) is 27.7 Å². The number of ether oxygens (including phenoxy) is 1. The number of hydrogen-bond acceptors (Lipinski definition) is 5. The summed E-state index contributed by atoms with van der Waals surface area (Å²) in [6, 6.07) is 0.420. The number of aliphatic carboxylic acids is 1. The van der Waals surface area contributed by atoms with Crippen molar-refractivity contribution in [2.75, 3.05) is 26.2 Å². The van der Waals surface area contributed by atoms with Gasteiger partial charge in [0.1, 0.15) is 5.60 Å². The molecule has 106 valence electrons. The number of carbonyl (C=O) groups is 2. The number of nitrogens with one attached hydrogen (secondary N) is 1. The Balaban J connectivity index is 0.000000360. The second-order valence-corrected chi connectivity index (χ2v) is 5.31. The molecule has 0 unspecified atom stereocenters. The van der Waals surface area contributed by atoms with Crippen molar-refractivity contribution < 1.29 is 19.4 Å². The summed E-state index contributed by atoms with van der Waals surface area (Å²) in [5.41, 5.74) is -0.318. The maximum Gasteiger partial charge on any atom is 0.317 e. The molecule has 1 saturated heterocycles. The number of rotatable bonds is 3. The third kappa shape index (κ3) is 10.0. The molecular formula is C12H24N2O4. The number of carboxylic acids is 1. The van der Waals surface area contributed by atoms with Crippen LogP contribution in [-0.2, 0) is 14.3 Å². The van der Waals surface area contributed by atoms with Gasteiger partial charge in [-0.2, -0.15) is 0 Å². The summed E-state index contributed by atoms with van der Waals surface area (Å²) in [6.45, 7) is 10.7. The molecule has 0 aromatic rings. The van der Waals surface area contributed by atoms with Crippen LogP contribution in [0, 0.1) is 0 Å². The highest BCUT2D eigenvalue weighted by Gasteiger charge is 2.16. The van der Waals surface area contributed by atoms with Gasteiger partial charge in [0.25, 0.3) is 6.47 Å². The monoisotopic (exact) mass is 260 g/mol. The fourth-order valence-electron chi connectivity index (χ4n) is 1.49. The predicted molar refractivity (Wildman–Crippen MR) is 68.4 cm³/mol. The first-order chi connectivity index (χ1) is 8.24. The maximum absolute atomic E-state index is 10.3. The normalized spacial score (nSPS) is 20.6. The van der Waals surface area contributed by atoms with Crippen LogP contribution in [0.15, 0.2) is 0 Å². The Bertz CT molecular complexity index is 263. The van der Waals surface area contributed by atoms with Crippen molar-refractivity contribution in [2.45, 2.75) is 39.3 Å². The Morgan fingerprint density at radius 2 is 2.17 bits per heavy atom. The molecular weight excluding hydrogens is 236 g/mol. The Labute approximate surface area is 108 Å². The molecule has 1 heterocycles. The lowest BCUT2D eigenvalue weighted by molar-refractivity contribution is -0.139. The van der Waals surface area contributed by atoms with E-state index < -0.39 is 5.97 Å². The first-order valence-electron chi connectivity index (χ1n) is 6.03. The van der Waals surface area contributed by atoms with Crippen LogP contribution in [-0.4, -0.2) is 60.3 Å². The van der Waals surface area contributed by atoms with Crippen LogP contribution in [0.3, 0.4) is 0 Å². The first-order valence-corrected chi connectivity index (χ1v) is 6.03. The second-order valence-electron chi connectivity index (χ2n) is 5.31. The number of piperazine rings is 1. The summed E-state index contributed by atoms with van der Waals surface area (Å²) in [5.74, 6) is -0.737. The minimum Gasteiger partial charge on any atom is -0.480 e. The van der Waals surface area contributed by atoms with E-state index >= 15 is 0 Å². The maximum atomic E-state index is 10.3. The van der Waals surface area contributed by atoms with Crippen molar-refractivity contribution in [1.29, 1.82) is 0 Å². The first kappa shape index (κ1) is 16.9. The van der Waals surface area contributed by atoms with Crippen LogP contribution in [0.25, 0.3) is 0 Å². The van der Waals surface area contributed by atoms with Gasteiger partial charge in [0.05, 0.1) is 6.54 Å². The topological polar surface area (TPSA) is 78.9 Å². The molecule has 1 fully saturated rings. The van der Waals surface area contributed by atoms with E-state index in [0.29, 0.717) is 12.5 Å². The summed E-state index contributed by atoms with van der Waals surface area (Å²) in [5, 5.41) is 11.7. The van der Waals surface area contributed by atoms with Gasteiger partial charge in [0, 0.05) is 25.7 Å². The molecule has 0 aromatic carbocycles. The lowest BCUT2D eigenvalue weighted by Gasteiger charge is -2.30. The fraction of sp³-hybridized carbons (Fsp3) is 0.833. The molecule has 6 heteroatoms. The Morgan fingerprint density at radius 1 is 1.56 bits per heavy atom. The Kier molecular flexibility index (Phi) is 7.54. The molecule has 1 aliphatic heterocycles. The molecule has 1 atom stereocenters. The second kappa shape index (κ2) is 8.05. The van der Waals surface area contributed by atoms with E-state index in [4.69, 9.17) is 5.11 Å². The smallest absolute Gasteiger partial charge is 0.317 e. The molecule has 0 amide bonds. The average Bonchev–Trinajstić information content (AvgIpc) is 2.15. The van der Waals surface area contributed by atoms with Gasteiger partial charge in [-0.3, -0.25) is 14.5 Å². The zero-order valence-corrected chi connectivity index (χ0v) is 11.6. The lowest BCUT2D eigenvalue weighted by Crippen LogP contribution is -2.50. The highest BCUT2D eigenvalue weighted by atomic mass is 16.5. The van der Waals surface area contributed by atoms with Crippen molar-refractivity contribution in [1.82, 2.24) is 10.2 Å². The van der Waals surface area contributed by atoms with Crippen LogP contribution < -0.4 is 5.32 Å². The number of hydrogen-bond donors (Lipinski definition) is 2. The van der Waals surface area contributed by atoms with E-state index in [-0.39, 0.29) is 12.1 Å². The van der Waals surface area contributed by atoms with Gasteiger partial charge in [-0.25, -0.2) is 0 Å². The van der Waals surface area contributed by atoms with E-state index in [9.17, 15) is 9.59 Å². The van der Waals surface area contributed by atoms with Crippen molar-refractivity contribution in [3.8, 4) is 0 Å². The van der Waals surface area contributed by atoms with E-state index in [1.165, 1.54) is 0 Å². The molecule has 1 aliphatic rings. The predicted octanol–water partition coefficient (Wildman–Crippen LogP) is 0.323. The zero-order valence-electron chi connectivity index (χ0n) is 11.6. The van der Waals surface area contributed by atoms with Gasteiger partial charge in [-0.15, -0.1) is 0 Å². The molecule has 0 radical (unpaired) electrons. The molecule has 0 bridgehead atoms. The van der Waals surface area contributed by atoms with Crippen molar-refractivity contribution in [2.24, 2.45) is 0 Å². The molecule has 6 nitrogen and oxygen atoms in total. The Morgan fingerprint density at radius 3 is 2.50 bits per heavy atom. The third-order valence-electron chi connectivity index (χ3n) is 2.21. The average molecular weight is 260 g/mol. The summed E-state index contributed by atoms with van der Waals surface area (Å²) in [7, 11) is 0. The van der Waals surface area contributed by atoms with Gasteiger partial charge < -0.3 is 15.2 Å². The van der Waals surface area contributed by atoms with E-state index in [1.807, 2.05) is 25.7 Å². The Hall–Kier alpha value is -1.14. The minimum absolute atomic E-state index is 0.173. The van der Waals surface area contributed by atoms with Crippen LogP contribution >= 0.6 is 0 Å². The third-order valence-corrected chi connectivity index (χ3v) is 2.21. The molecule has 2 N–H and O–H groups in total. The summed E-state index contributed by atoms with van der Waals surface area (Å²) >= 11 is 0. The minimum atomic E-state index is -0.737. The molecule has 0 saturated carbocycles. The molecule has 1 rings (SSSR count). The highest BCUT2D eigenvalue weighted by molar-refractivity contribution is 5.69. The molecule has 18 heavy (non-hydrogen) atoms. The largest absolute Gasteiger partial charge is 0.480 e. The zero-order chi connectivity index (χ0) is 14.2. The van der Waals surface area contributed by atoms with Crippen molar-refractivity contribution in [3.63, 3.8) is 0 Å². The van der Waals surface area contributed by atoms with Gasteiger partial charge in [0.15, 0.2) is 0 Å². The number of carbonyl (C=O) groups excluding carboxylic acids is 1. The van der Waals surface area contributed by atoms with E-state index in [1.54, 1.807) is 0 Å². The van der Waals surface area contributed by atoms with Gasteiger partial charge in [0.2, 0.25) is 0 Å². The quantitative estimate of drug-likeness (QED) is 0.712. The van der Waals surface area contributed by atoms with Gasteiger partial charge >= 0.3 is 5.97 Å². The van der Waals surface area contributed by atoms with Gasteiger partial charge in [-0.05, 0) is 27.7 Å². The van der Waals surface area contributed by atoms with Crippen molar-refractivity contribution in [3.05, 3.63) is 0 Å². The highest BCUT2D eigenvalue weighted by Crippen LogP contribution is 2.02. The molecule has 0 aromatic heterocycles. The number of nitrogens with zero attached hydrogens (tertiary/aromatic N) is 1. The van der Waals surface area contributed by atoms with E-state index in [2.05, 4.69) is 17.0 Å². The lowest BCUT2D eigenvalue weighted by atomic mass is 10.2. The van der Waals surface area contributed by atoms with E-state index in [0.717, 1.165) is 19.6 Å². The van der Waals surface area contributed by atoms with Crippen LogP contribution in [0.5, 0.6) is 0 Å². The fourth-order valence-corrected chi connectivity index (χ4v) is 1.49. The van der Waals surface area contributed by atoms with Crippen molar-refractivity contribution >= 4 is 12.4 Å². The molecule has 0 aliphatic carbocycles. The van der Waals surface area contributed by atoms with Crippen LogP contribution in [0.4, 0.5) is 0 Å². The standard InChI is InChI=1S/C7H14N2O2.C5H10O2/c1-6-4-9(3-2-8-6)5-7(10)11;1-5(2,3)7-4-6/h6,8H,2-5H2,1H3,(H,10,11);4H,1-3H3/t6-;/m1./s1. The SMILES string of the molecule is CC(C)(C)OC=O.C[C@@H]1CN(CC(=O)O)CCN1. The number of carboxylic acid groups (broad SMARTS) is 1. The summed E-state index contributed by atoms with van der Waals surface area (Å²) < 4.78 is 4.55. The molecule has 0 spiro atoms.